The molecule has 0 saturated heterocycles. The number of rotatable bonds is 7. The van der Waals surface area contributed by atoms with Gasteiger partial charge in [-0.3, -0.25) is 4.79 Å². The molecule has 0 amide bonds. The van der Waals surface area contributed by atoms with Crippen molar-refractivity contribution in [2.24, 2.45) is 0 Å². The average Bonchev–Trinajstić information content (AvgIpc) is 2.33. The average molecular weight is 325 g/mol. The van der Waals surface area contributed by atoms with Crippen molar-refractivity contribution in [1.29, 1.82) is 0 Å². The molecule has 0 spiro atoms. The maximum atomic E-state index is 13.4. The van der Waals surface area contributed by atoms with Crippen LogP contribution in [0.5, 0.6) is 0 Å². The van der Waals surface area contributed by atoms with Gasteiger partial charge in [0.15, 0.2) is 0 Å². The summed E-state index contributed by atoms with van der Waals surface area (Å²) in [4.78, 5) is 10.2. The Morgan fingerprint density at radius 3 is 2.60 bits per heavy atom. The second kappa shape index (κ2) is 7.00. The van der Waals surface area contributed by atoms with Gasteiger partial charge in [-0.1, -0.05) is 0 Å². The van der Waals surface area contributed by atoms with Crippen molar-refractivity contribution < 1.29 is 27.1 Å². The van der Waals surface area contributed by atoms with Crippen LogP contribution in [0.2, 0.25) is 0 Å². The largest absolute Gasteiger partial charge is 0.480 e. The zero-order valence-corrected chi connectivity index (χ0v) is 12.1. The van der Waals surface area contributed by atoms with Gasteiger partial charge in [0.1, 0.15) is 22.6 Å². The van der Waals surface area contributed by atoms with Gasteiger partial charge in [-0.2, -0.15) is 16.5 Å². The van der Waals surface area contributed by atoms with Crippen LogP contribution in [0.4, 0.5) is 8.78 Å². The third-order valence-electron chi connectivity index (χ3n) is 2.39. The molecule has 0 radical (unpaired) electrons. The number of hydrogen-bond acceptors (Lipinski definition) is 4. The Hall–Kier alpha value is -1.19. The Bertz CT molecular complexity index is 592. The lowest BCUT2D eigenvalue weighted by Crippen LogP contribution is -2.41. The Labute approximate surface area is 119 Å². The van der Waals surface area contributed by atoms with Gasteiger partial charge in [-0.25, -0.2) is 17.2 Å². The van der Waals surface area contributed by atoms with E-state index >= 15 is 0 Å². The molecule has 0 saturated carbocycles. The Balaban J connectivity index is 3.00. The lowest BCUT2D eigenvalue weighted by atomic mass is 10.2. The Morgan fingerprint density at radius 2 is 2.10 bits per heavy atom. The van der Waals surface area contributed by atoms with Crippen molar-refractivity contribution in [3.8, 4) is 0 Å². The van der Waals surface area contributed by atoms with Crippen molar-refractivity contribution in [3.63, 3.8) is 0 Å². The summed E-state index contributed by atoms with van der Waals surface area (Å²) in [7, 11) is -4.36. The summed E-state index contributed by atoms with van der Waals surface area (Å²) in [6, 6.07) is 0.596. The molecule has 20 heavy (non-hydrogen) atoms. The van der Waals surface area contributed by atoms with Gasteiger partial charge in [0.25, 0.3) is 0 Å². The van der Waals surface area contributed by atoms with E-state index in [0.29, 0.717) is 11.8 Å². The number of carbonyl (C=O) groups is 1. The molecular weight excluding hydrogens is 312 g/mol. The standard InChI is InChI=1S/C11H13F2NO4S2/c1-19-5-4-9(11(15)16)14-20(17,18)10-3-2-7(12)6-8(10)13/h2-3,6,9,14H,4-5H2,1H3,(H,15,16). The highest BCUT2D eigenvalue weighted by molar-refractivity contribution is 7.98. The second-order valence-electron chi connectivity index (χ2n) is 3.87. The minimum absolute atomic E-state index is 0.0541. The predicted molar refractivity (Wildman–Crippen MR) is 71.1 cm³/mol. The van der Waals surface area contributed by atoms with Gasteiger partial charge in [0, 0.05) is 6.07 Å². The number of benzene rings is 1. The van der Waals surface area contributed by atoms with E-state index < -0.39 is 38.6 Å². The van der Waals surface area contributed by atoms with Crippen LogP contribution >= 0.6 is 11.8 Å². The van der Waals surface area contributed by atoms with Crippen molar-refractivity contribution in [2.45, 2.75) is 17.4 Å². The molecule has 1 aromatic carbocycles. The maximum Gasteiger partial charge on any atom is 0.321 e. The molecule has 1 rings (SSSR count). The highest BCUT2D eigenvalue weighted by Gasteiger charge is 2.27. The number of hydrogen-bond donors (Lipinski definition) is 2. The molecule has 1 aromatic rings. The van der Waals surface area contributed by atoms with Gasteiger partial charge in [-0.15, -0.1) is 0 Å². The lowest BCUT2D eigenvalue weighted by Gasteiger charge is -2.14. The van der Waals surface area contributed by atoms with E-state index in [4.69, 9.17) is 5.11 Å². The van der Waals surface area contributed by atoms with Crippen LogP contribution < -0.4 is 4.72 Å². The summed E-state index contributed by atoms with van der Waals surface area (Å²) in [6.07, 6.45) is 1.80. The van der Waals surface area contributed by atoms with E-state index in [0.717, 1.165) is 12.1 Å². The van der Waals surface area contributed by atoms with E-state index in [1.54, 1.807) is 6.26 Å². The fourth-order valence-electron chi connectivity index (χ4n) is 1.41. The highest BCUT2D eigenvalue weighted by atomic mass is 32.2. The van der Waals surface area contributed by atoms with Crippen molar-refractivity contribution in [2.75, 3.05) is 12.0 Å². The third-order valence-corrected chi connectivity index (χ3v) is 4.54. The number of carboxylic acid groups (broad SMARTS) is 1. The predicted octanol–water partition coefficient (Wildman–Crippen LogP) is 1.45. The molecule has 0 aromatic heterocycles. The van der Waals surface area contributed by atoms with Crippen LogP contribution in [0.1, 0.15) is 6.42 Å². The highest BCUT2D eigenvalue weighted by Crippen LogP contribution is 2.16. The van der Waals surface area contributed by atoms with Crippen molar-refractivity contribution in [3.05, 3.63) is 29.8 Å². The topological polar surface area (TPSA) is 83.5 Å². The molecule has 1 unspecified atom stereocenters. The van der Waals surface area contributed by atoms with E-state index in [1.807, 2.05) is 4.72 Å². The smallest absolute Gasteiger partial charge is 0.321 e. The first-order chi connectivity index (χ1) is 9.27. The Kier molecular flexibility index (Phi) is 5.90. The van der Waals surface area contributed by atoms with Crippen LogP contribution in [0, 0.1) is 11.6 Å². The summed E-state index contributed by atoms with van der Waals surface area (Å²) in [5.74, 6) is -3.12. The first kappa shape index (κ1) is 16.9. The van der Waals surface area contributed by atoms with E-state index in [9.17, 15) is 22.0 Å². The van der Waals surface area contributed by atoms with Crippen LogP contribution in [0.25, 0.3) is 0 Å². The maximum absolute atomic E-state index is 13.4. The quantitative estimate of drug-likeness (QED) is 0.793. The van der Waals surface area contributed by atoms with Crippen molar-refractivity contribution >= 4 is 27.8 Å². The van der Waals surface area contributed by atoms with Crippen LogP contribution in [0.3, 0.4) is 0 Å². The number of nitrogens with one attached hydrogen (secondary N) is 1. The summed E-state index contributed by atoms with van der Waals surface area (Å²) in [5.41, 5.74) is 0. The number of aliphatic carboxylic acids is 1. The molecule has 112 valence electrons. The van der Waals surface area contributed by atoms with Gasteiger partial charge in [-0.05, 0) is 30.6 Å². The zero-order chi connectivity index (χ0) is 15.3. The molecule has 0 bridgehead atoms. The molecular formula is C11H13F2NO4S2. The number of carboxylic acids is 1. The second-order valence-corrected chi connectivity index (χ2v) is 6.54. The fourth-order valence-corrected chi connectivity index (χ4v) is 3.17. The monoisotopic (exact) mass is 325 g/mol. The summed E-state index contributed by atoms with van der Waals surface area (Å²) in [6.45, 7) is 0. The minimum atomic E-state index is -4.36. The SMILES string of the molecule is CSCCC(NS(=O)(=O)c1ccc(F)cc1F)C(=O)O. The first-order valence-corrected chi connectivity index (χ1v) is 8.34. The fraction of sp³-hybridized carbons (Fsp3) is 0.364. The van der Waals surface area contributed by atoms with Crippen LogP contribution in [-0.2, 0) is 14.8 Å². The summed E-state index contributed by atoms with van der Waals surface area (Å²) >= 11 is 1.35. The normalized spacial score (nSPS) is 13.2. The third kappa shape index (κ3) is 4.43. The molecule has 5 nitrogen and oxygen atoms in total. The van der Waals surface area contributed by atoms with Gasteiger partial charge >= 0.3 is 5.97 Å². The minimum Gasteiger partial charge on any atom is -0.480 e. The van der Waals surface area contributed by atoms with Crippen LogP contribution in [0.15, 0.2) is 23.1 Å². The first-order valence-electron chi connectivity index (χ1n) is 5.47. The number of thioether (sulfide) groups is 1. The molecule has 0 fully saturated rings. The van der Waals surface area contributed by atoms with E-state index in [-0.39, 0.29) is 6.42 Å². The molecule has 2 N–H and O–H groups in total. The van der Waals surface area contributed by atoms with Gasteiger partial charge in [0.2, 0.25) is 10.0 Å². The lowest BCUT2D eigenvalue weighted by molar-refractivity contribution is -0.139. The van der Waals surface area contributed by atoms with E-state index in [1.165, 1.54) is 11.8 Å². The van der Waals surface area contributed by atoms with E-state index in [2.05, 4.69) is 0 Å². The Morgan fingerprint density at radius 1 is 1.45 bits per heavy atom. The van der Waals surface area contributed by atoms with Crippen LogP contribution in [-0.4, -0.2) is 37.5 Å². The van der Waals surface area contributed by atoms with Gasteiger partial charge < -0.3 is 5.11 Å². The summed E-state index contributed by atoms with van der Waals surface area (Å²) < 4.78 is 51.9. The number of halogens is 2. The van der Waals surface area contributed by atoms with Crippen molar-refractivity contribution in [1.82, 2.24) is 4.72 Å². The molecule has 9 heteroatoms. The van der Waals surface area contributed by atoms with Gasteiger partial charge in [0.05, 0.1) is 0 Å². The zero-order valence-electron chi connectivity index (χ0n) is 10.5. The molecule has 0 aliphatic carbocycles. The molecule has 0 heterocycles. The molecule has 0 aliphatic heterocycles. The molecule has 1 atom stereocenters. The summed E-state index contributed by atoms with van der Waals surface area (Å²) in [5, 5.41) is 8.93. The molecule has 0 aliphatic rings. The number of sulfonamides is 1.